The Hall–Kier alpha value is -0.890. The summed E-state index contributed by atoms with van der Waals surface area (Å²) in [5, 5.41) is 8.80. The molecule has 7 heteroatoms. The molecular formula is C21H30F2N2O2S. The number of halogens is 2. The van der Waals surface area contributed by atoms with Crippen LogP contribution in [0.15, 0.2) is 11.4 Å². The lowest BCUT2D eigenvalue weighted by atomic mass is 9.92. The van der Waals surface area contributed by atoms with Crippen molar-refractivity contribution in [2.45, 2.75) is 68.9 Å². The van der Waals surface area contributed by atoms with Gasteiger partial charge in [0.25, 0.3) is 0 Å². The van der Waals surface area contributed by atoms with Crippen LogP contribution in [0, 0.1) is 5.92 Å². The molecule has 4 rings (SSSR count). The highest BCUT2D eigenvalue weighted by Crippen LogP contribution is 2.43. The average molecular weight is 413 g/mol. The van der Waals surface area contributed by atoms with Crippen molar-refractivity contribution in [1.29, 1.82) is 0 Å². The van der Waals surface area contributed by atoms with Gasteiger partial charge in [-0.05, 0) is 50.6 Å². The van der Waals surface area contributed by atoms with Crippen LogP contribution in [0.1, 0.15) is 66.1 Å². The van der Waals surface area contributed by atoms with Gasteiger partial charge in [0.1, 0.15) is 0 Å². The molecule has 0 amide bonds. The van der Waals surface area contributed by atoms with E-state index >= 15 is 0 Å². The van der Waals surface area contributed by atoms with Crippen LogP contribution in [0.25, 0.3) is 0 Å². The number of carbonyl (C=O) groups is 1. The van der Waals surface area contributed by atoms with Gasteiger partial charge in [-0.3, -0.25) is 4.79 Å². The Morgan fingerprint density at radius 1 is 1.18 bits per heavy atom. The predicted octanol–water partition coefficient (Wildman–Crippen LogP) is 3.97. The third-order valence-electron chi connectivity index (χ3n) is 6.38. The van der Waals surface area contributed by atoms with Crippen LogP contribution in [-0.2, 0) is 4.74 Å². The monoisotopic (exact) mass is 412 g/mol. The second kappa shape index (κ2) is 8.86. The van der Waals surface area contributed by atoms with Crippen molar-refractivity contribution in [3.8, 4) is 0 Å². The maximum Gasteiger partial charge on any atom is 0.248 e. The topological polar surface area (TPSA) is 50.4 Å². The lowest BCUT2D eigenvalue weighted by Gasteiger charge is -2.28. The first-order valence-electron chi connectivity index (χ1n) is 10.5. The van der Waals surface area contributed by atoms with Crippen molar-refractivity contribution >= 4 is 17.1 Å². The molecule has 4 nitrogen and oxygen atoms in total. The Morgan fingerprint density at radius 2 is 1.93 bits per heavy atom. The van der Waals surface area contributed by atoms with E-state index in [-0.39, 0.29) is 31.2 Å². The van der Waals surface area contributed by atoms with E-state index in [1.807, 2.05) is 11.4 Å². The largest absolute Gasteiger partial charge is 0.381 e. The zero-order chi connectivity index (χ0) is 19.6. The summed E-state index contributed by atoms with van der Waals surface area (Å²) in [6.07, 6.45) is 4.17. The van der Waals surface area contributed by atoms with Gasteiger partial charge >= 0.3 is 0 Å². The van der Waals surface area contributed by atoms with Gasteiger partial charge in [-0.15, -0.1) is 11.3 Å². The second-order valence-electron chi connectivity index (χ2n) is 8.58. The van der Waals surface area contributed by atoms with Gasteiger partial charge < -0.3 is 15.4 Å². The number of nitrogens with one attached hydrogen (secondary N) is 2. The van der Waals surface area contributed by atoms with Gasteiger partial charge in [-0.1, -0.05) is 0 Å². The fourth-order valence-corrected chi connectivity index (χ4v) is 5.37. The van der Waals surface area contributed by atoms with Crippen molar-refractivity contribution in [2.24, 2.45) is 5.92 Å². The minimum atomic E-state index is -2.52. The average Bonchev–Trinajstić information content (AvgIpc) is 3.31. The summed E-state index contributed by atoms with van der Waals surface area (Å²) in [4.78, 5) is 13.7. The van der Waals surface area contributed by atoms with Crippen LogP contribution in [0.2, 0.25) is 0 Å². The number of Topliss-reactive ketones (excluding diaryl/α,β-unsaturated/α-hetero) is 1. The molecule has 2 atom stereocenters. The molecule has 2 saturated carbocycles. The van der Waals surface area contributed by atoms with Crippen LogP contribution in [0.5, 0.6) is 0 Å². The third kappa shape index (κ3) is 5.38. The molecule has 1 aromatic rings. The molecule has 0 radical (unpaired) electrons. The Bertz CT molecular complexity index is 665. The molecule has 2 aliphatic carbocycles. The van der Waals surface area contributed by atoms with Crippen molar-refractivity contribution in [3.05, 3.63) is 21.9 Å². The number of rotatable bonds is 8. The molecule has 156 valence electrons. The van der Waals surface area contributed by atoms with E-state index in [0.717, 1.165) is 50.5 Å². The number of alkyl halides is 2. The third-order valence-corrected chi connectivity index (χ3v) is 7.44. The Kier molecular flexibility index (Phi) is 6.45. The number of hydrogen-bond donors (Lipinski definition) is 2. The summed E-state index contributed by atoms with van der Waals surface area (Å²) in [5.41, 5.74) is 0.753. The molecule has 1 saturated heterocycles. The summed E-state index contributed by atoms with van der Waals surface area (Å²) in [6, 6.07) is 2.60. The highest BCUT2D eigenvalue weighted by molar-refractivity contribution is 7.10. The maximum atomic E-state index is 13.2. The predicted molar refractivity (Wildman–Crippen MR) is 107 cm³/mol. The van der Waals surface area contributed by atoms with Gasteiger partial charge in [0, 0.05) is 59.9 Å². The van der Waals surface area contributed by atoms with E-state index in [1.54, 1.807) is 11.3 Å². The Labute approximate surface area is 169 Å². The maximum absolute atomic E-state index is 13.2. The molecule has 2 N–H and O–H groups in total. The van der Waals surface area contributed by atoms with E-state index in [4.69, 9.17) is 4.74 Å². The zero-order valence-electron chi connectivity index (χ0n) is 16.2. The van der Waals surface area contributed by atoms with E-state index in [0.29, 0.717) is 24.8 Å². The van der Waals surface area contributed by atoms with Crippen LogP contribution >= 0.6 is 11.3 Å². The summed E-state index contributed by atoms with van der Waals surface area (Å²) in [5.74, 6) is -1.21. The van der Waals surface area contributed by atoms with Gasteiger partial charge in [0.15, 0.2) is 5.78 Å². The molecule has 2 heterocycles. The highest BCUT2D eigenvalue weighted by Gasteiger charge is 2.39. The quantitative estimate of drug-likeness (QED) is 0.635. The fourth-order valence-electron chi connectivity index (χ4n) is 4.28. The van der Waals surface area contributed by atoms with Crippen LogP contribution in [0.4, 0.5) is 8.78 Å². The molecular weight excluding hydrogens is 382 g/mol. The molecule has 1 aromatic heterocycles. The number of thiophene rings is 1. The van der Waals surface area contributed by atoms with Crippen molar-refractivity contribution < 1.29 is 18.3 Å². The fraction of sp³-hybridized carbons (Fsp3) is 0.762. The van der Waals surface area contributed by atoms with Crippen LogP contribution < -0.4 is 10.6 Å². The normalized spacial score (nSPS) is 28.4. The number of ether oxygens (including phenoxy) is 1. The van der Waals surface area contributed by atoms with E-state index < -0.39 is 5.92 Å². The molecule has 0 spiro atoms. The number of carbonyl (C=O) groups excluding carboxylic acids is 1. The number of ketones is 1. The standard InChI is InChI=1S/C21H30F2N2O2S/c22-21(23)5-1-16(2-6-21)24-12-19(26)15-9-20(28-13-15)17-10-18(17)25-11-14-3-7-27-8-4-14/h9,13-14,16-18,24-25H,1-8,10-12H2. The Morgan fingerprint density at radius 3 is 2.68 bits per heavy atom. The minimum absolute atomic E-state index is 0.0314. The van der Waals surface area contributed by atoms with Gasteiger partial charge in [-0.25, -0.2) is 8.78 Å². The summed E-state index contributed by atoms with van der Waals surface area (Å²) in [7, 11) is 0. The van der Waals surface area contributed by atoms with E-state index in [1.165, 1.54) is 4.88 Å². The molecule has 28 heavy (non-hydrogen) atoms. The summed E-state index contributed by atoms with van der Waals surface area (Å²) < 4.78 is 31.8. The minimum Gasteiger partial charge on any atom is -0.381 e. The first-order valence-corrected chi connectivity index (χ1v) is 11.4. The van der Waals surface area contributed by atoms with Gasteiger partial charge in [0.05, 0.1) is 6.54 Å². The lowest BCUT2D eigenvalue weighted by molar-refractivity contribution is -0.0401. The molecule has 0 bridgehead atoms. The van der Waals surface area contributed by atoms with Crippen molar-refractivity contribution in [3.63, 3.8) is 0 Å². The molecule has 0 aromatic carbocycles. The van der Waals surface area contributed by atoms with Crippen molar-refractivity contribution in [1.82, 2.24) is 10.6 Å². The second-order valence-corrected chi connectivity index (χ2v) is 9.53. The first-order chi connectivity index (χ1) is 13.5. The molecule has 2 unspecified atom stereocenters. The summed E-state index contributed by atoms with van der Waals surface area (Å²) in [6.45, 7) is 3.07. The number of hydrogen-bond acceptors (Lipinski definition) is 5. The first kappa shape index (κ1) is 20.4. The van der Waals surface area contributed by atoms with Crippen molar-refractivity contribution in [2.75, 3.05) is 26.3 Å². The highest BCUT2D eigenvalue weighted by atomic mass is 32.1. The SMILES string of the molecule is O=C(CNC1CCC(F)(F)CC1)c1csc(C2CC2NCC2CCOCC2)c1. The van der Waals surface area contributed by atoms with Gasteiger partial charge in [0.2, 0.25) is 5.92 Å². The van der Waals surface area contributed by atoms with Crippen LogP contribution in [-0.4, -0.2) is 50.1 Å². The van der Waals surface area contributed by atoms with Gasteiger partial charge in [-0.2, -0.15) is 0 Å². The lowest BCUT2D eigenvalue weighted by Crippen LogP contribution is -2.39. The molecule has 3 aliphatic rings. The zero-order valence-corrected chi connectivity index (χ0v) is 17.0. The molecule has 3 fully saturated rings. The Balaban J connectivity index is 1.18. The molecule has 1 aliphatic heterocycles. The smallest absolute Gasteiger partial charge is 0.248 e. The summed E-state index contributed by atoms with van der Waals surface area (Å²) >= 11 is 1.67. The van der Waals surface area contributed by atoms with E-state index in [9.17, 15) is 13.6 Å². The van der Waals surface area contributed by atoms with E-state index in [2.05, 4.69) is 10.6 Å². The van der Waals surface area contributed by atoms with Crippen LogP contribution in [0.3, 0.4) is 0 Å².